The molecule has 7 nitrogen and oxygen atoms in total. The summed E-state index contributed by atoms with van der Waals surface area (Å²) in [5, 5.41) is 21.6. The molecular formula is C21H17ClN4O3. The number of halogens is 1. The molecule has 1 aliphatic rings. The van der Waals surface area contributed by atoms with E-state index in [2.05, 4.69) is 16.0 Å². The molecule has 0 unspecified atom stereocenters. The number of para-hydroxylation sites is 1. The molecule has 3 aromatic rings. The molecule has 0 atom stereocenters. The molecule has 0 amide bonds. The quantitative estimate of drug-likeness (QED) is 0.458. The van der Waals surface area contributed by atoms with Crippen molar-refractivity contribution in [3.05, 3.63) is 69.2 Å². The summed E-state index contributed by atoms with van der Waals surface area (Å²) in [7, 11) is 0. The van der Waals surface area contributed by atoms with E-state index >= 15 is 0 Å². The number of anilines is 1. The van der Waals surface area contributed by atoms with Crippen molar-refractivity contribution in [1.82, 2.24) is 4.98 Å². The molecule has 1 aliphatic heterocycles. The molecule has 0 aliphatic carbocycles. The van der Waals surface area contributed by atoms with E-state index in [0.717, 1.165) is 25.9 Å². The van der Waals surface area contributed by atoms with Gasteiger partial charge in [-0.2, -0.15) is 5.26 Å². The van der Waals surface area contributed by atoms with Crippen molar-refractivity contribution in [2.24, 2.45) is 0 Å². The minimum Gasteiger partial charge on any atom is -0.489 e. The Bertz CT molecular complexity index is 1120. The predicted molar refractivity (Wildman–Crippen MR) is 110 cm³/mol. The number of hydrogen-bond donors (Lipinski definition) is 0. The number of non-ortho nitro benzene ring substituents is 1. The zero-order chi connectivity index (χ0) is 20.4. The van der Waals surface area contributed by atoms with Crippen molar-refractivity contribution >= 4 is 34.0 Å². The number of nitro groups is 1. The van der Waals surface area contributed by atoms with Crippen molar-refractivity contribution in [2.45, 2.75) is 18.9 Å². The topological polar surface area (TPSA) is 92.3 Å². The molecule has 0 bridgehead atoms. The number of rotatable bonds is 4. The highest BCUT2D eigenvalue weighted by atomic mass is 35.5. The van der Waals surface area contributed by atoms with E-state index in [1.807, 2.05) is 18.2 Å². The summed E-state index contributed by atoms with van der Waals surface area (Å²) in [6.45, 7) is 1.46. The second-order valence-electron chi connectivity index (χ2n) is 6.83. The van der Waals surface area contributed by atoms with Gasteiger partial charge in [-0.1, -0.05) is 23.7 Å². The van der Waals surface area contributed by atoms with E-state index in [4.69, 9.17) is 16.3 Å². The number of pyridine rings is 1. The van der Waals surface area contributed by atoms with Gasteiger partial charge in [-0.15, -0.1) is 0 Å². The summed E-state index contributed by atoms with van der Waals surface area (Å²) in [6, 6.07) is 15.6. The normalized spacial score (nSPS) is 14.6. The Morgan fingerprint density at radius 2 is 1.97 bits per heavy atom. The second-order valence-corrected chi connectivity index (χ2v) is 7.24. The summed E-state index contributed by atoms with van der Waals surface area (Å²) >= 11 is 6.17. The lowest BCUT2D eigenvalue weighted by molar-refractivity contribution is -0.384. The van der Waals surface area contributed by atoms with Crippen LogP contribution < -0.4 is 9.64 Å². The molecule has 4 rings (SSSR count). The second kappa shape index (κ2) is 7.94. The van der Waals surface area contributed by atoms with Crippen molar-refractivity contribution in [3.8, 4) is 11.8 Å². The lowest BCUT2D eigenvalue weighted by atomic mass is 10.1. The monoisotopic (exact) mass is 408 g/mol. The first kappa shape index (κ1) is 19.0. The average molecular weight is 409 g/mol. The van der Waals surface area contributed by atoms with Crippen LogP contribution in [0.15, 0.2) is 48.5 Å². The van der Waals surface area contributed by atoms with Crippen molar-refractivity contribution < 1.29 is 9.66 Å². The van der Waals surface area contributed by atoms with Gasteiger partial charge in [0, 0.05) is 43.5 Å². The van der Waals surface area contributed by atoms with Crippen LogP contribution >= 0.6 is 11.6 Å². The Labute approximate surface area is 172 Å². The van der Waals surface area contributed by atoms with Gasteiger partial charge in [-0.3, -0.25) is 10.1 Å². The molecule has 0 N–H and O–H groups in total. The van der Waals surface area contributed by atoms with Crippen LogP contribution in [0.1, 0.15) is 18.4 Å². The molecule has 0 spiro atoms. The molecule has 2 aromatic carbocycles. The summed E-state index contributed by atoms with van der Waals surface area (Å²) in [5.41, 5.74) is 0.892. The first-order valence-electron chi connectivity index (χ1n) is 9.20. The number of hydrogen-bond acceptors (Lipinski definition) is 6. The van der Waals surface area contributed by atoms with E-state index in [1.165, 1.54) is 12.1 Å². The predicted octanol–water partition coefficient (Wildman–Crippen LogP) is 4.72. The summed E-state index contributed by atoms with van der Waals surface area (Å²) < 4.78 is 6.03. The molecule has 1 aromatic heterocycles. The Balaban J connectivity index is 1.52. The highest BCUT2D eigenvalue weighted by Gasteiger charge is 2.23. The minimum absolute atomic E-state index is 0.0546. The van der Waals surface area contributed by atoms with Gasteiger partial charge in [0.2, 0.25) is 0 Å². The molecule has 1 fully saturated rings. The number of nitriles is 1. The first-order valence-corrected chi connectivity index (χ1v) is 9.58. The maximum atomic E-state index is 11.0. The van der Waals surface area contributed by atoms with E-state index in [9.17, 15) is 15.4 Å². The van der Waals surface area contributed by atoms with Gasteiger partial charge in [-0.25, -0.2) is 4.98 Å². The van der Waals surface area contributed by atoms with Crippen LogP contribution in [-0.4, -0.2) is 29.1 Å². The number of ether oxygens (including phenoxy) is 1. The number of piperidine rings is 1. The van der Waals surface area contributed by atoms with Gasteiger partial charge in [0.25, 0.3) is 5.69 Å². The van der Waals surface area contributed by atoms with Gasteiger partial charge in [0.05, 0.1) is 27.1 Å². The van der Waals surface area contributed by atoms with Crippen LogP contribution in [0.4, 0.5) is 11.5 Å². The van der Waals surface area contributed by atoms with Crippen molar-refractivity contribution in [3.63, 3.8) is 0 Å². The largest absolute Gasteiger partial charge is 0.489 e. The fourth-order valence-corrected chi connectivity index (χ4v) is 3.67. The molecule has 1 saturated heterocycles. The summed E-state index contributed by atoms with van der Waals surface area (Å²) in [4.78, 5) is 17.3. The van der Waals surface area contributed by atoms with Gasteiger partial charge < -0.3 is 9.64 Å². The number of aromatic nitrogens is 1. The van der Waals surface area contributed by atoms with Crippen LogP contribution in [0.25, 0.3) is 10.9 Å². The number of benzene rings is 2. The molecule has 2 heterocycles. The Hall–Kier alpha value is -3.37. The van der Waals surface area contributed by atoms with Gasteiger partial charge >= 0.3 is 0 Å². The Morgan fingerprint density at radius 1 is 1.21 bits per heavy atom. The van der Waals surface area contributed by atoms with Crippen molar-refractivity contribution in [2.75, 3.05) is 18.0 Å². The molecular weight excluding hydrogens is 392 g/mol. The third-order valence-electron chi connectivity index (χ3n) is 5.01. The standard InChI is InChI=1S/C21H17ClN4O3/c22-18-3-1-2-4-20(18)29-16-7-9-25(10-8-16)21-11-14(13-23)17-12-15(26(27)28)5-6-19(17)24-21/h1-6,11-12,16H,7-10H2. The third kappa shape index (κ3) is 3.93. The highest BCUT2D eigenvalue weighted by molar-refractivity contribution is 6.32. The fourth-order valence-electron chi connectivity index (χ4n) is 3.49. The number of fused-ring (bicyclic) bond motifs is 1. The SMILES string of the molecule is N#Cc1cc(N2CCC(Oc3ccccc3Cl)CC2)nc2ccc([N+](=O)[O-])cc12. The number of nitrogens with zero attached hydrogens (tertiary/aromatic N) is 4. The van der Waals surface area contributed by atoms with E-state index in [-0.39, 0.29) is 11.8 Å². The summed E-state index contributed by atoms with van der Waals surface area (Å²) in [6.07, 6.45) is 1.66. The minimum atomic E-state index is -0.474. The molecule has 0 radical (unpaired) electrons. The average Bonchev–Trinajstić information content (AvgIpc) is 2.74. The maximum Gasteiger partial charge on any atom is 0.270 e. The molecule has 146 valence electrons. The highest BCUT2D eigenvalue weighted by Crippen LogP contribution is 2.30. The molecule has 8 heteroatoms. The van der Waals surface area contributed by atoms with Crippen molar-refractivity contribution in [1.29, 1.82) is 5.26 Å². The van der Waals surface area contributed by atoms with Gasteiger partial charge in [0.15, 0.2) is 0 Å². The Morgan fingerprint density at radius 3 is 2.66 bits per heavy atom. The molecule has 29 heavy (non-hydrogen) atoms. The third-order valence-corrected chi connectivity index (χ3v) is 5.32. The van der Waals surface area contributed by atoms with Crippen LogP contribution in [0, 0.1) is 21.4 Å². The lowest BCUT2D eigenvalue weighted by Crippen LogP contribution is -2.38. The van der Waals surface area contributed by atoms with Gasteiger partial charge in [-0.05, 0) is 24.3 Å². The van der Waals surface area contributed by atoms with Crippen LogP contribution in [-0.2, 0) is 0 Å². The van der Waals surface area contributed by atoms with Crippen LogP contribution in [0.5, 0.6) is 5.75 Å². The lowest BCUT2D eigenvalue weighted by Gasteiger charge is -2.33. The number of nitro benzene ring substituents is 1. The van der Waals surface area contributed by atoms with E-state index in [0.29, 0.717) is 33.1 Å². The molecule has 0 saturated carbocycles. The zero-order valence-electron chi connectivity index (χ0n) is 15.4. The van der Waals surface area contributed by atoms with Crippen LogP contribution in [0.2, 0.25) is 5.02 Å². The van der Waals surface area contributed by atoms with E-state index in [1.54, 1.807) is 18.2 Å². The summed E-state index contributed by atoms with van der Waals surface area (Å²) in [5.74, 6) is 1.38. The van der Waals surface area contributed by atoms with Crippen LogP contribution in [0.3, 0.4) is 0 Å². The first-order chi connectivity index (χ1) is 14.0. The fraction of sp³-hybridized carbons (Fsp3) is 0.238. The Kier molecular flexibility index (Phi) is 5.19. The van der Waals surface area contributed by atoms with E-state index < -0.39 is 4.92 Å². The smallest absolute Gasteiger partial charge is 0.270 e. The maximum absolute atomic E-state index is 11.0. The van der Waals surface area contributed by atoms with Gasteiger partial charge in [0.1, 0.15) is 17.7 Å². The zero-order valence-corrected chi connectivity index (χ0v) is 16.2.